The Kier molecular flexibility index (Phi) is 8.61. The van der Waals surface area contributed by atoms with Crippen molar-refractivity contribution in [1.82, 2.24) is 10.2 Å². The fourth-order valence-corrected chi connectivity index (χ4v) is 3.25. The zero-order chi connectivity index (χ0) is 19.6. The Bertz CT molecular complexity index is 625. The SMILES string of the molecule is COc1ccc(/C=C/C(=O)NCC(CC(C)C)N2CCOCC2)c(OC)c1. The van der Waals surface area contributed by atoms with Gasteiger partial charge in [0.2, 0.25) is 5.91 Å². The van der Waals surface area contributed by atoms with Crippen LogP contribution < -0.4 is 14.8 Å². The van der Waals surface area contributed by atoms with Gasteiger partial charge >= 0.3 is 0 Å². The van der Waals surface area contributed by atoms with Crippen LogP contribution in [0.4, 0.5) is 0 Å². The van der Waals surface area contributed by atoms with Crippen molar-refractivity contribution in [3.05, 3.63) is 29.8 Å². The average Bonchev–Trinajstić information content (AvgIpc) is 2.69. The van der Waals surface area contributed by atoms with Crippen LogP contribution in [0.5, 0.6) is 11.5 Å². The van der Waals surface area contributed by atoms with Crippen LogP contribution in [0.15, 0.2) is 24.3 Å². The lowest BCUT2D eigenvalue weighted by atomic mass is 10.0. The molecule has 0 radical (unpaired) electrons. The number of hydrogen-bond acceptors (Lipinski definition) is 5. The summed E-state index contributed by atoms with van der Waals surface area (Å²) in [7, 11) is 3.21. The lowest BCUT2D eigenvalue weighted by Gasteiger charge is -2.35. The predicted octanol–water partition coefficient (Wildman–Crippen LogP) is 2.58. The van der Waals surface area contributed by atoms with Crippen molar-refractivity contribution in [2.45, 2.75) is 26.3 Å². The Hall–Kier alpha value is -2.05. The highest BCUT2D eigenvalue weighted by Crippen LogP contribution is 2.25. The standard InChI is InChI=1S/C21H32N2O4/c1-16(2)13-18(23-9-11-27-12-10-23)15-22-21(24)8-6-17-5-7-19(25-3)14-20(17)26-4/h5-8,14,16,18H,9-13,15H2,1-4H3,(H,22,24)/b8-6+. The smallest absolute Gasteiger partial charge is 0.244 e. The van der Waals surface area contributed by atoms with Crippen LogP contribution in [0.1, 0.15) is 25.8 Å². The number of carbonyl (C=O) groups excluding carboxylic acids is 1. The number of nitrogens with one attached hydrogen (secondary N) is 1. The first kappa shape index (κ1) is 21.3. The summed E-state index contributed by atoms with van der Waals surface area (Å²) in [4.78, 5) is 14.7. The molecule has 1 unspecified atom stereocenters. The molecule has 150 valence electrons. The Morgan fingerprint density at radius 2 is 2.00 bits per heavy atom. The van der Waals surface area contributed by atoms with Crippen LogP contribution in [-0.2, 0) is 9.53 Å². The topological polar surface area (TPSA) is 60.0 Å². The Morgan fingerprint density at radius 3 is 2.63 bits per heavy atom. The first-order valence-electron chi connectivity index (χ1n) is 9.53. The van der Waals surface area contributed by atoms with E-state index in [1.165, 1.54) is 0 Å². The normalized spacial score (nSPS) is 16.5. The number of rotatable bonds is 9. The quantitative estimate of drug-likeness (QED) is 0.671. The number of nitrogens with zero attached hydrogens (tertiary/aromatic N) is 1. The highest BCUT2D eigenvalue weighted by molar-refractivity contribution is 5.92. The molecule has 1 aromatic carbocycles. The van der Waals surface area contributed by atoms with Gasteiger partial charge in [-0.2, -0.15) is 0 Å². The molecular formula is C21H32N2O4. The average molecular weight is 376 g/mol. The fraction of sp³-hybridized carbons (Fsp3) is 0.571. The van der Waals surface area contributed by atoms with Gasteiger partial charge in [-0.1, -0.05) is 13.8 Å². The van der Waals surface area contributed by atoms with Gasteiger partial charge in [0.1, 0.15) is 11.5 Å². The van der Waals surface area contributed by atoms with Gasteiger partial charge in [-0.25, -0.2) is 0 Å². The van der Waals surface area contributed by atoms with Crippen molar-refractivity contribution in [3.63, 3.8) is 0 Å². The predicted molar refractivity (Wildman–Crippen MR) is 107 cm³/mol. The third-order valence-electron chi connectivity index (χ3n) is 4.67. The number of carbonyl (C=O) groups is 1. The number of benzene rings is 1. The third-order valence-corrected chi connectivity index (χ3v) is 4.67. The summed E-state index contributed by atoms with van der Waals surface area (Å²) in [5.41, 5.74) is 0.834. The second-order valence-electron chi connectivity index (χ2n) is 7.12. The molecule has 1 atom stereocenters. The number of methoxy groups -OCH3 is 2. The van der Waals surface area contributed by atoms with E-state index in [4.69, 9.17) is 14.2 Å². The number of hydrogen-bond donors (Lipinski definition) is 1. The molecule has 1 aromatic rings. The minimum absolute atomic E-state index is 0.102. The number of amides is 1. The van der Waals surface area contributed by atoms with Gasteiger partial charge in [-0.3, -0.25) is 9.69 Å². The molecule has 2 rings (SSSR count). The molecule has 6 heteroatoms. The van der Waals surface area contributed by atoms with E-state index in [9.17, 15) is 4.79 Å². The van der Waals surface area contributed by atoms with E-state index in [1.807, 2.05) is 12.1 Å². The molecule has 1 N–H and O–H groups in total. The third kappa shape index (κ3) is 6.88. The number of morpholine rings is 1. The first-order chi connectivity index (χ1) is 13.0. The van der Waals surface area contributed by atoms with Gasteiger partial charge in [0.25, 0.3) is 0 Å². The molecule has 6 nitrogen and oxygen atoms in total. The van der Waals surface area contributed by atoms with Gasteiger partial charge in [0, 0.05) is 43.4 Å². The summed E-state index contributed by atoms with van der Waals surface area (Å²) in [6, 6.07) is 5.85. The van der Waals surface area contributed by atoms with Gasteiger partial charge < -0.3 is 19.5 Å². The highest BCUT2D eigenvalue weighted by Gasteiger charge is 2.22. The zero-order valence-electron chi connectivity index (χ0n) is 16.9. The molecule has 1 aliphatic heterocycles. The van der Waals surface area contributed by atoms with Crippen LogP contribution in [0.3, 0.4) is 0 Å². The van der Waals surface area contributed by atoms with Crippen LogP contribution in [0.25, 0.3) is 6.08 Å². The van der Waals surface area contributed by atoms with E-state index < -0.39 is 0 Å². The van der Waals surface area contributed by atoms with Crippen molar-refractivity contribution in [2.24, 2.45) is 5.92 Å². The molecule has 0 aliphatic carbocycles. The van der Waals surface area contributed by atoms with Gasteiger partial charge in [-0.05, 0) is 30.5 Å². The molecule has 27 heavy (non-hydrogen) atoms. The molecule has 1 saturated heterocycles. The number of ether oxygens (including phenoxy) is 3. The van der Waals surface area contributed by atoms with E-state index >= 15 is 0 Å². The summed E-state index contributed by atoms with van der Waals surface area (Å²) in [6.45, 7) is 8.44. The van der Waals surface area contributed by atoms with Crippen LogP contribution in [0, 0.1) is 5.92 Å². The zero-order valence-corrected chi connectivity index (χ0v) is 16.9. The summed E-state index contributed by atoms with van der Waals surface area (Å²) in [6.07, 6.45) is 4.37. The highest BCUT2D eigenvalue weighted by atomic mass is 16.5. The molecule has 1 heterocycles. The Morgan fingerprint density at radius 1 is 1.26 bits per heavy atom. The molecule has 0 aromatic heterocycles. The second-order valence-corrected chi connectivity index (χ2v) is 7.12. The summed E-state index contributed by atoms with van der Waals surface area (Å²) < 4.78 is 16.0. The van der Waals surface area contributed by atoms with Crippen molar-refractivity contribution >= 4 is 12.0 Å². The van der Waals surface area contributed by atoms with E-state index in [0.717, 1.165) is 44.0 Å². The Balaban J connectivity index is 1.94. The lowest BCUT2D eigenvalue weighted by molar-refractivity contribution is -0.116. The van der Waals surface area contributed by atoms with Crippen molar-refractivity contribution in [3.8, 4) is 11.5 Å². The van der Waals surface area contributed by atoms with Crippen molar-refractivity contribution < 1.29 is 19.0 Å². The van der Waals surface area contributed by atoms with Gasteiger partial charge in [0.15, 0.2) is 0 Å². The monoisotopic (exact) mass is 376 g/mol. The largest absolute Gasteiger partial charge is 0.497 e. The maximum Gasteiger partial charge on any atom is 0.244 e. The van der Waals surface area contributed by atoms with E-state index in [0.29, 0.717) is 24.3 Å². The van der Waals surface area contributed by atoms with Gasteiger partial charge in [-0.15, -0.1) is 0 Å². The molecule has 1 amide bonds. The van der Waals surface area contributed by atoms with E-state index in [1.54, 1.807) is 32.4 Å². The van der Waals surface area contributed by atoms with Crippen LogP contribution in [-0.4, -0.2) is 63.9 Å². The maximum absolute atomic E-state index is 12.3. The first-order valence-corrected chi connectivity index (χ1v) is 9.53. The Labute approximate surface area is 162 Å². The molecule has 0 spiro atoms. The molecule has 0 saturated carbocycles. The molecule has 0 bridgehead atoms. The van der Waals surface area contributed by atoms with E-state index in [-0.39, 0.29) is 5.91 Å². The summed E-state index contributed by atoms with van der Waals surface area (Å²) >= 11 is 0. The minimum Gasteiger partial charge on any atom is -0.497 e. The molecule has 1 fully saturated rings. The molecular weight excluding hydrogens is 344 g/mol. The van der Waals surface area contributed by atoms with Crippen LogP contribution in [0.2, 0.25) is 0 Å². The molecule has 1 aliphatic rings. The minimum atomic E-state index is -0.102. The summed E-state index contributed by atoms with van der Waals surface area (Å²) in [5.74, 6) is 1.86. The summed E-state index contributed by atoms with van der Waals surface area (Å²) in [5, 5.41) is 3.04. The van der Waals surface area contributed by atoms with Gasteiger partial charge in [0.05, 0.1) is 27.4 Å². The van der Waals surface area contributed by atoms with Crippen LogP contribution >= 0.6 is 0 Å². The maximum atomic E-state index is 12.3. The van der Waals surface area contributed by atoms with E-state index in [2.05, 4.69) is 24.1 Å². The lowest BCUT2D eigenvalue weighted by Crippen LogP contribution is -2.49. The van der Waals surface area contributed by atoms with Crippen molar-refractivity contribution in [2.75, 3.05) is 47.1 Å². The van der Waals surface area contributed by atoms with Crippen molar-refractivity contribution in [1.29, 1.82) is 0 Å². The fourth-order valence-electron chi connectivity index (χ4n) is 3.25. The second kappa shape index (κ2) is 10.9.